The first-order chi connectivity index (χ1) is 5.41. The predicted molar refractivity (Wildman–Crippen MR) is 41.2 cm³/mol. The molecule has 0 aliphatic carbocycles. The molecule has 0 aliphatic heterocycles. The first-order valence-electron chi connectivity index (χ1n) is 3.14. The van der Waals surface area contributed by atoms with Gasteiger partial charge in [-0.3, -0.25) is 4.98 Å². The van der Waals surface area contributed by atoms with Gasteiger partial charge >= 0.3 is 6.18 Å². The quantitative estimate of drug-likeness (QED) is 0.625. The Labute approximate surface area is 73.0 Å². The van der Waals surface area contributed by atoms with Gasteiger partial charge in [0.1, 0.15) is 5.69 Å². The number of nitrogens with zero attached hydrogens (tertiary/aromatic N) is 1. The van der Waals surface area contributed by atoms with E-state index in [1.807, 2.05) is 0 Å². The zero-order valence-electron chi connectivity index (χ0n) is 6.18. The van der Waals surface area contributed by atoms with Crippen LogP contribution >= 0.6 is 12.6 Å². The molecule has 5 heteroatoms. The van der Waals surface area contributed by atoms with Crippen LogP contribution in [0.1, 0.15) is 11.3 Å². The molecule has 1 rings (SSSR count). The van der Waals surface area contributed by atoms with Gasteiger partial charge in [-0.2, -0.15) is 13.2 Å². The molecular formula is C7H6F3NS. The largest absolute Gasteiger partial charge is 0.433 e. The van der Waals surface area contributed by atoms with Crippen LogP contribution in [0.5, 0.6) is 0 Å². The van der Waals surface area contributed by atoms with Crippen LogP contribution in [0.15, 0.2) is 17.2 Å². The predicted octanol–water partition coefficient (Wildman–Crippen LogP) is 2.70. The zero-order valence-corrected chi connectivity index (χ0v) is 7.08. The summed E-state index contributed by atoms with van der Waals surface area (Å²) in [7, 11) is 0. The normalized spacial score (nSPS) is 11.8. The van der Waals surface area contributed by atoms with E-state index in [4.69, 9.17) is 0 Å². The van der Waals surface area contributed by atoms with Crippen molar-refractivity contribution in [3.05, 3.63) is 23.5 Å². The maximum absolute atomic E-state index is 12.0. The van der Waals surface area contributed by atoms with E-state index >= 15 is 0 Å². The molecule has 0 saturated carbocycles. The molecule has 12 heavy (non-hydrogen) atoms. The first kappa shape index (κ1) is 9.38. The highest BCUT2D eigenvalue weighted by Crippen LogP contribution is 2.28. The molecule has 1 nitrogen and oxygen atoms in total. The van der Waals surface area contributed by atoms with Crippen molar-refractivity contribution in [3.8, 4) is 0 Å². The highest BCUT2D eigenvalue weighted by Gasteiger charge is 2.32. The van der Waals surface area contributed by atoms with Gasteiger partial charge in [0.15, 0.2) is 0 Å². The Balaban J connectivity index is 3.14. The fourth-order valence-corrected chi connectivity index (χ4v) is 0.826. The molecule has 0 radical (unpaired) electrons. The van der Waals surface area contributed by atoms with Crippen LogP contribution in [0, 0.1) is 6.92 Å². The van der Waals surface area contributed by atoms with E-state index in [0.29, 0.717) is 10.5 Å². The molecule has 1 aromatic rings. The van der Waals surface area contributed by atoms with Crippen molar-refractivity contribution in [2.45, 2.75) is 18.0 Å². The van der Waals surface area contributed by atoms with E-state index < -0.39 is 11.9 Å². The minimum absolute atomic E-state index is 0.461. The highest BCUT2D eigenvalue weighted by atomic mass is 32.1. The molecule has 0 amide bonds. The van der Waals surface area contributed by atoms with E-state index in [1.165, 1.54) is 0 Å². The second-order valence-electron chi connectivity index (χ2n) is 2.35. The van der Waals surface area contributed by atoms with Crippen molar-refractivity contribution in [2.75, 3.05) is 0 Å². The number of thiol groups is 1. The van der Waals surface area contributed by atoms with Crippen LogP contribution in [-0.4, -0.2) is 4.98 Å². The van der Waals surface area contributed by atoms with E-state index in [1.54, 1.807) is 6.92 Å². The number of pyridine rings is 1. The van der Waals surface area contributed by atoms with Gasteiger partial charge in [-0.05, 0) is 18.6 Å². The summed E-state index contributed by atoms with van der Waals surface area (Å²) in [6, 6.07) is 0.975. The molecule has 0 N–H and O–H groups in total. The fourth-order valence-electron chi connectivity index (χ4n) is 0.704. The smallest absolute Gasteiger partial charge is 0.251 e. The lowest BCUT2D eigenvalue weighted by Crippen LogP contribution is -2.07. The second-order valence-corrected chi connectivity index (χ2v) is 2.84. The molecular weight excluding hydrogens is 187 g/mol. The fraction of sp³-hybridized carbons (Fsp3) is 0.286. The number of alkyl halides is 3. The Morgan fingerprint density at radius 3 is 2.42 bits per heavy atom. The average Bonchev–Trinajstić information content (AvgIpc) is 1.92. The Hall–Kier alpha value is -0.710. The van der Waals surface area contributed by atoms with Crippen LogP contribution in [0.3, 0.4) is 0 Å². The highest BCUT2D eigenvalue weighted by molar-refractivity contribution is 7.80. The Bertz CT molecular complexity index is 295. The lowest BCUT2D eigenvalue weighted by molar-refractivity contribution is -0.141. The molecule has 0 saturated heterocycles. The minimum Gasteiger partial charge on any atom is -0.251 e. The molecule has 1 aromatic heterocycles. The monoisotopic (exact) mass is 193 g/mol. The standard InChI is InChI=1S/C7H6F3NS/c1-4-2-6(7(8,9)10)11-3-5(4)12/h2-3,12H,1H3. The third-order valence-electron chi connectivity index (χ3n) is 1.37. The number of hydrogen-bond acceptors (Lipinski definition) is 2. The van der Waals surface area contributed by atoms with Gasteiger partial charge in [0, 0.05) is 11.1 Å². The zero-order chi connectivity index (χ0) is 9.35. The van der Waals surface area contributed by atoms with Gasteiger partial charge in [0.05, 0.1) is 0 Å². The maximum atomic E-state index is 12.0. The molecule has 0 bridgehead atoms. The van der Waals surface area contributed by atoms with E-state index in [-0.39, 0.29) is 0 Å². The molecule has 0 atom stereocenters. The van der Waals surface area contributed by atoms with Gasteiger partial charge in [0.2, 0.25) is 0 Å². The summed E-state index contributed by atoms with van der Waals surface area (Å²) in [5.41, 5.74) is -0.404. The topological polar surface area (TPSA) is 12.9 Å². The molecule has 1 heterocycles. The summed E-state index contributed by atoms with van der Waals surface area (Å²) in [6.07, 6.45) is -3.27. The minimum atomic E-state index is -4.37. The van der Waals surface area contributed by atoms with E-state index in [0.717, 1.165) is 12.3 Å². The first-order valence-corrected chi connectivity index (χ1v) is 3.59. The van der Waals surface area contributed by atoms with Crippen LogP contribution in [0.4, 0.5) is 13.2 Å². The number of aromatic nitrogens is 1. The van der Waals surface area contributed by atoms with Crippen molar-refractivity contribution in [1.29, 1.82) is 0 Å². The van der Waals surface area contributed by atoms with Gasteiger partial charge in [-0.25, -0.2) is 0 Å². The average molecular weight is 193 g/mol. The lowest BCUT2D eigenvalue weighted by atomic mass is 10.2. The number of aryl methyl sites for hydroxylation is 1. The van der Waals surface area contributed by atoms with Crippen molar-refractivity contribution < 1.29 is 13.2 Å². The summed E-state index contributed by atoms with van der Waals surface area (Å²) in [4.78, 5) is 3.67. The van der Waals surface area contributed by atoms with Crippen LogP contribution < -0.4 is 0 Å². The summed E-state index contributed by atoms with van der Waals surface area (Å²) < 4.78 is 36.0. The Kier molecular flexibility index (Phi) is 2.32. The van der Waals surface area contributed by atoms with E-state index in [2.05, 4.69) is 17.6 Å². The third kappa shape index (κ3) is 1.91. The number of halogens is 3. The molecule has 0 spiro atoms. The maximum Gasteiger partial charge on any atom is 0.433 e. The summed E-state index contributed by atoms with van der Waals surface area (Å²) in [6.45, 7) is 1.55. The summed E-state index contributed by atoms with van der Waals surface area (Å²) in [5.74, 6) is 0. The van der Waals surface area contributed by atoms with Crippen molar-refractivity contribution in [3.63, 3.8) is 0 Å². The molecule has 0 fully saturated rings. The van der Waals surface area contributed by atoms with Gasteiger partial charge < -0.3 is 0 Å². The van der Waals surface area contributed by atoms with Crippen LogP contribution in [-0.2, 0) is 6.18 Å². The number of rotatable bonds is 0. The van der Waals surface area contributed by atoms with Gasteiger partial charge in [-0.15, -0.1) is 12.6 Å². The number of hydrogen-bond donors (Lipinski definition) is 1. The van der Waals surface area contributed by atoms with Crippen LogP contribution in [0.2, 0.25) is 0 Å². The second kappa shape index (κ2) is 2.97. The molecule has 66 valence electrons. The van der Waals surface area contributed by atoms with Gasteiger partial charge in [0.25, 0.3) is 0 Å². The summed E-state index contributed by atoms with van der Waals surface area (Å²) in [5, 5.41) is 0. The van der Waals surface area contributed by atoms with Crippen molar-refractivity contribution in [2.24, 2.45) is 0 Å². The molecule has 0 aliphatic rings. The summed E-state index contributed by atoms with van der Waals surface area (Å²) >= 11 is 3.91. The van der Waals surface area contributed by atoms with Gasteiger partial charge in [-0.1, -0.05) is 0 Å². The molecule has 0 unspecified atom stereocenters. The van der Waals surface area contributed by atoms with Crippen molar-refractivity contribution in [1.82, 2.24) is 4.98 Å². The molecule has 0 aromatic carbocycles. The SMILES string of the molecule is Cc1cc(C(F)(F)F)ncc1S. The Morgan fingerprint density at radius 2 is 2.00 bits per heavy atom. The van der Waals surface area contributed by atoms with Crippen molar-refractivity contribution >= 4 is 12.6 Å². The Morgan fingerprint density at radius 1 is 1.42 bits per heavy atom. The van der Waals surface area contributed by atoms with Crippen LogP contribution in [0.25, 0.3) is 0 Å². The lowest BCUT2D eigenvalue weighted by Gasteiger charge is -2.06. The third-order valence-corrected chi connectivity index (χ3v) is 1.84. The van der Waals surface area contributed by atoms with E-state index in [9.17, 15) is 13.2 Å².